The van der Waals surface area contributed by atoms with Crippen LogP contribution in [-0.4, -0.2) is 20.7 Å². The summed E-state index contributed by atoms with van der Waals surface area (Å²) in [7, 11) is 0. The number of aryl methyl sites for hydroxylation is 1. The second-order valence-corrected chi connectivity index (χ2v) is 6.34. The summed E-state index contributed by atoms with van der Waals surface area (Å²) in [4.78, 5) is 29.3. The smallest absolute Gasteiger partial charge is 0.324 e. The van der Waals surface area contributed by atoms with Crippen LogP contribution >= 0.6 is 0 Å². The highest BCUT2D eigenvalue weighted by molar-refractivity contribution is 5.93. The Morgan fingerprint density at radius 3 is 2.64 bits per heavy atom. The molecule has 1 amide bonds. The highest BCUT2D eigenvalue weighted by atomic mass is 16.2. The standard InChI is InChI=1S/C21H19N5O2/c1-3-19(20(27)24-17-6-4-5-15(11-17)12-22)26-21(28)25-18(13-23-26)16-9-7-14(2)8-10-16/h4-11,13,19H,3H2,1-2H3,(H,24,27). The molecule has 1 atom stereocenters. The van der Waals surface area contributed by atoms with Crippen LogP contribution in [0.25, 0.3) is 11.3 Å². The fraction of sp³-hybridized carbons (Fsp3) is 0.190. The second-order valence-electron chi connectivity index (χ2n) is 6.34. The topological polar surface area (TPSA) is 101 Å². The molecule has 3 rings (SSSR count). The number of nitrogens with one attached hydrogen (secondary N) is 1. The van der Waals surface area contributed by atoms with Gasteiger partial charge in [0.2, 0.25) is 5.91 Å². The van der Waals surface area contributed by atoms with Crippen molar-refractivity contribution in [3.63, 3.8) is 0 Å². The molecule has 7 heteroatoms. The van der Waals surface area contributed by atoms with Crippen LogP contribution in [0.1, 0.15) is 30.5 Å². The number of aromatic nitrogens is 3. The molecule has 0 spiro atoms. The number of carbonyl (C=O) groups excluding carboxylic acids is 1. The molecule has 0 bridgehead atoms. The molecule has 0 radical (unpaired) electrons. The van der Waals surface area contributed by atoms with Crippen LogP contribution < -0.4 is 11.0 Å². The average molecular weight is 373 g/mol. The molecule has 0 aliphatic rings. The van der Waals surface area contributed by atoms with Crippen LogP contribution in [-0.2, 0) is 4.79 Å². The molecule has 7 nitrogen and oxygen atoms in total. The van der Waals surface area contributed by atoms with Gasteiger partial charge < -0.3 is 5.32 Å². The maximum absolute atomic E-state index is 12.7. The van der Waals surface area contributed by atoms with Crippen molar-refractivity contribution in [3.05, 3.63) is 76.3 Å². The summed E-state index contributed by atoms with van der Waals surface area (Å²) >= 11 is 0. The summed E-state index contributed by atoms with van der Waals surface area (Å²) in [5, 5.41) is 15.9. The summed E-state index contributed by atoms with van der Waals surface area (Å²) in [5.74, 6) is -0.392. The third kappa shape index (κ3) is 4.13. The third-order valence-corrected chi connectivity index (χ3v) is 4.31. The van der Waals surface area contributed by atoms with Crippen molar-refractivity contribution in [2.75, 3.05) is 5.32 Å². The Labute approximate surface area is 162 Å². The first-order valence-corrected chi connectivity index (χ1v) is 8.85. The van der Waals surface area contributed by atoms with Crippen LogP contribution in [0.4, 0.5) is 5.69 Å². The van der Waals surface area contributed by atoms with Crippen molar-refractivity contribution in [3.8, 4) is 17.3 Å². The molecule has 1 N–H and O–H groups in total. The van der Waals surface area contributed by atoms with Gasteiger partial charge in [-0.15, -0.1) is 0 Å². The number of amides is 1. The molecule has 0 fully saturated rings. The van der Waals surface area contributed by atoms with Gasteiger partial charge in [0.1, 0.15) is 6.04 Å². The lowest BCUT2D eigenvalue weighted by molar-refractivity contribution is -0.119. The molecule has 1 aromatic heterocycles. The summed E-state index contributed by atoms with van der Waals surface area (Å²) in [5.41, 5.74) is 2.68. The van der Waals surface area contributed by atoms with Crippen molar-refractivity contribution in [1.29, 1.82) is 5.26 Å². The first kappa shape index (κ1) is 19.0. The monoisotopic (exact) mass is 373 g/mol. The Balaban J connectivity index is 1.85. The number of benzene rings is 2. The minimum atomic E-state index is -0.808. The van der Waals surface area contributed by atoms with E-state index in [0.29, 0.717) is 23.4 Å². The maximum atomic E-state index is 12.7. The molecule has 2 aromatic carbocycles. The van der Waals surface area contributed by atoms with E-state index in [4.69, 9.17) is 5.26 Å². The predicted octanol–water partition coefficient (Wildman–Crippen LogP) is 3.08. The fourth-order valence-corrected chi connectivity index (χ4v) is 2.79. The lowest BCUT2D eigenvalue weighted by Crippen LogP contribution is -2.36. The molecule has 0 saturated heterocycles. The number of nitrogens with zero attached hydrogens (tertiary/aromatic N) is 4. The van der Waals surface area contributed by atoms with Gasteiger partial charge >= 0.3 is 5.69 Å². The van der Waals surface area contributed by atoms with E-state index in [2.05, 4.69) is 15.4 Å². The van der Waals surface area contributed by atoms with E-state index in [-0.39, 0.29) is 0 Å². The SMILES string of the molecule is CCC(C(=O)Nc1cccc(C#N)c1)n1ncc(-c2ccc(C)cc2)nc1=O. The number of carbonyl (C=O) groups is 1. The molecule has 1 heterocycles. The summed E-state index contributed by atoms with van der Waals surface area (Å²) < 4.78 is 1.08. The average Bonchev–Trinajstić information content (AvgIpc) is 2.70. The van der Waals surface area contributed by atoms with E-state index in [0.717, 1.165) is 15.8 Å². The first-order valence-electron chi connectivity index (χ1n) is 8.85. The zero-order valence-corrected chi connectivity index (χ0v) is 15.6. The minimum Gasteiger partial charge on any atom is -0.324 e. The molecular formula is C21H19N5O2. The molecule has 0 aliphatic carbocycles. The van der Waals surface area contributed by atoms with E-state index < -0.39 is 17.6 Å². The van der Waals surface area contributed by atoms with Gasteiger partial charge in [-0.05, 0) is 31.5 Å². The third-order valence-electron chi connectivity index (χ3n) is 4.31. The number of hydrogen-bond donors (Lipinski definition) is 1. The molecule has 3 aromatic rings. The van der Waals surface area contributed by atoms with Crippen LogP contribution in [0, 0.1) is 18.3 Å². The number of anilines is 1. The molecule has 0 aliphatic heterocycles. The lowest BCUT2D eigenvalue weighted by atomic mass is 10.1. The van der Waals surface area contributed by atoms with E-state index >= 15 is 0 Å². The van der Waals surface area contributed by atoms with Gasteiger partial charge in [0.05, 0.1) is 23.5 Å². The Kier molecular flexibility index (Phi) is 5.61. The Bertz CT molecular complexity index is 1100. The maximum Gasteiger partial charge on any atom is 0.365 e. The van der Waals surface area contributed by atoms with E-state index in [1.807, 2.05) is 37.3 Å². The van der Waals surface area contributed by atoms with E-state index in [1.165, 1.54) is 6.20 Å². The highest BCUT2D eigenvalue weighted by Gasteiger charge is 2.22. The van der Waals surface area contributed by atoms with E-state index in [1.54, 1.807) is 31.2 Å². The molecule has 28 heavy (non-hydrogen) atoms. The van der Waals surface area contributed by atoms with Crippen molar-refractivity contribution < 1.29 is 4.79 Å². The lowest BCUT2D eigenvalue weighted by Gasteiger charge is -2.16. The number of rotatable bonds is 5. The predicted molar refractivity (Wildman–Crippen MR) is 106 cm³/mol. The van der Waals surface area contributed by atoms with Crippen molar-refractivity contribution >= 4 is 11.6 Å². The molecular weight excluding hydrogens is 354 g/mol. The zero-order chi connectivity index (χ0) is 20.1. The Hall–Kier alpha value is -3.79. The highest BCUT2D eigenvalue weighted by Crippen LogP contribution is 2.17. The molecule has 1 unspecified atom stereocenters. The van der Waals surface area contributed by atoms with Crippen LogP contribution in [0.2, 0.25) is 0 Å². The van der Waals surface area contributed by atoms with Crippen LogP contribution in [0.3, 0.4) is 0 Å². The van der Waals surface area contributed by atoms with Crippen LogP contribution in [0.5, 0.6) is 0 Å². The number of nitriles is 1. The van der Waals surface area contributed by atoms with Gasteiger partial charge in [-0.25, -0.2) is 9.48 Å². The fourth-order valence-electron chi connectivity index (χ4n) is 2.79. The number of hydrogen-bond acceptors (Lipinski definition) is 5. The molecule has 0 saturated carbocycles. The molecule has 140 valence electrons. The Morgan fingerprint density at radius 1 is 1.25 bits per heavy atom. The summed E-state index contributed by atoms with van der Waals surface area (Å²) in [6.07, 6.45) is 1.85. The van der Waals surface area contributed by atoms with Gasteiger partial charge in [0.15, 0.2) is 0 Å². The van der Waals surface area contributed by atoms with E-state index in [9.17, 15) is 9.59 Å². The Morgan fingerprint density at radius 2 is 2.00 bits per heavy atom. The van der Waals surface area contributed by atoms with Gasteiger partial charge in [0, 0.05) is 11.3 Å². The van der Waals surface area contributed by atoms with Crippen molar-refractivity contribution in [2.24, 2.45) is 0 Å². The minimum absolute atomic E-state index is 0.363. The summed E-state index contributed by atoms with van der Waals surface area (Å²) in [6.45, 7) is 3.77. The van der Waals surface area contributed by atoms with Gasteiger partial charge in [0.25, 0.3) is 0 Å². The van der Waals surface area contributed by atoms with Crippen molar-refractivity contribution in [2.45, 2.75) is 26.3 Å². The normalized spacial score (nSPS) is 11.5. The second kappa shape index (κ2) is 8.27. The quantitative estimate of drug-likeness (QED) is 0.741. The summed E-state index contributed by atoms with van der Waals surface area (Å²) in [6, 6.07) is 15.4. The largest absolute Gasteiger partial charge is 0.365 e. The van der Waals surface area contributed by atoms with Gasteiger partial charge in [-0.3, -0.25) is 4.79 Å². The van der Waals surface area contributed by atoms with Crippen LogP contribution in [0.15, 0.2) is 59.5 Å². The van der Waals surface area contributed by atoms with Gasteiger partial charge in [-0.1, -0.05) is 42.8 Å². The zero-order valence-electron chi connectivity index (χ0n) is 15.6. The first-order chi connectivity index (χ1) is 13.5. The van der Waals surface area contributed by atoms with Crippen molar-refractivity contribution in [1.82, 2.24) is 14.8 Å². The van der Waals surface area contributed by atoms with Gasteiger partial charge in [-0.2, -0.15) is 15.3 Å².